The summed E-state index contributed by atoms with van der Waals surface area (Å²) in [4.78, 5) is 37.6. The van der Waals surface area contributed by atoms with Crippen LogP contribution in [0.2, 0.25) is 0 Å². The first-order valence-corrected chi connectivity index (χ1v) is 15.8. The van der Waals surface area contributed by atoms with Gasteiger partial charge in [0.15, 0.2) is 0 Å². The fourth-order valence-corrected chi connectivity index (χ4v) is 7.73. The van der Waals surface area contributed by atoms with Crippen molar-refractivity contribution in [2.24, 2.45) is 23.7 Å². The summed E-state index contributed by atoms with van der Waals surface area (Å²) in [6.07, 6.45) is 17.3. The molecule has 2 aliphatic carbocycles. The molecule has 0 spiro atoms. The quantitative estimate of drug-likeness (QED) is 0.242. The number of carbonyl (C=O) groups is 2. The standard InChI is InChI=1S/C17H22N2O2.C17H26N2/c1-3-4-5-6-10-19-15(20)13-14(16(19)21)17(13,2)12-8-7-9-18-11-12;1-3-4-5-6-10-19-12-15-16(13-19)17(15,2)14-8-7-9-18-11-14/h7-9,11,13-14H,3-6,10H2,1-2H3;7-9,11,15-16H,3-6,10,12-13H2,1-2H3. The van der Waals surface area contributed by atoms with Crippen LogP contribution in [0.25, 0.3) is 0 Å². The van der Waals surface area contributed by atoms with E-state index in [4.69, 9.17) is 0 Å². The second kappa shape index (κ2) is 12.1. The van der Waals surface area contributed by atoms with Gasteiger partial charge in [-0.1, -0.05) is 78.4 Å². The third-order valence-electron chi connectivity index (χ3n) is 10.5. The molecule has 4 heterocycles. The molecule has 2 aliphatic heterocycles. The van der Waals surface area contributed by atoms with Gasteiger partial charge in [0.1, 0.15) is 0 Å². The topological polar surface area (TPSA) is 66.4 Å². The highest BCUT2D eigenvalue weighted by Gasteiger charge is 2.75. The highest BCUT2D eigenvalue weighted by molar-refractivity contribution is 6.11. The molecule has 6 rings (SSSR count). The van der Waals surface area contributed by atoms with Crippen molar-refractivity contribution < 1.29 is 9.59 Å². The molecule has 4 atom stereocenters. The maximum absolute atomic E-state index is 12.5. The summed E-state index contributed by atoms with van der Waals surface area (Å²) >= 11 is 0. The molecule has 2 aromatic rings. The van der Waals surface area contributed by atoms with Crippen molar-refractivity contribution in [3.05, 3.63) is 60.2 Å². The molecule has 4 unspecified atom stereocenters. The maximum atomic E-state index is 12.5. The third-order valence-corrected chi connectivity index (χ3v) is 10.5. The van der Waals surface area contributed by atoms with Gasteiger partial charge in [-0.05, 0) is 54.5 Å². The Morgan fingerprint density at radius 1 is 0.725 bits per heavy atom. The van der Waals surface area contributed by atoms with E-state index >= 15 is 0 Å². The second-order valence-corrected chi connectivity index (χ2v) is 12.9. The summed E-state index contributed by atoms with van der Waals surface area (Å²) in [5.41, 5.74) is 2.55. The van der Waals surface area contributed by atoms with Crippen LogP contribution in [0, 0.1) is 23.7 Å². The number of rotatable bonds is 12. The van der Waals surface area contributed by atoms with Crippen LogP contribution in [-0.4, -0.2) is 57.8 Å². The van der Waals surface area contributed by atoms with Crippen molar-refractivity contribution >= 4 is 11.8 Å². The van der Waals surface area contributed by atoms with Crippen molar-refractivity contribution in [2.75, 3.05) is 26.2 Å². The molecule has 216 valence electrons. The Bertz CT molecular complexity index is 1120. The number of aromatic nitrogens is 2. The van der Waals surface area contributed by atoms with Gasteiger partial charge in [-0.15, -0.1) is 0 Å². The van der Waals surface area contributed by atoms with Crippen molar-refractivity contribution in [3.63, 3.8) is 0 Å². The third kappa shape index (κ3) is 5.24. The fraction of sp³-hybridized carbons (Fsp3) is 0.647. The van der Waals surface area contributed by atoms with E-state index in [1.807, 2.05) is 25.3 Å². The minimum Gasteiger partial charge on any atom is -0.303 e. The monoisotopic (exact) mass is 544 g/mol. The maximum Gasteiger partial charge on any atom is 0.234 e. The Morgan fingerprint density at radius 3 is 1.70 bits per heavy atom. The molecule has 0 aromatic carbocycles. The zero-order valence-electron chi connectivity index (χ0n) is 25.0. The van der Waals surface area contributed by atoms with Crippen LogP contribution in [0.3, 0.4) is 0 Å². The predicted molar refractivity (Wildman–Crippen MR) is 159 cm³/mol. The average Bonchev–Trinajstić information content (AvgIpc) is 3.62. The average molecular weight is 545 g/mol. The van der Waals surface area contributed by atoms with Gasteiger partial charge in [0.25, 0.3) is 0 Å². The van der Waals surface area contributed by atoms with E-state index < -0.39 is 0 Å². The number of carbonyl (C=O) groups excluding carboxylic acids is 2. The zero-order valence-corrected chi connectivity index (χ0v) is 25.0. The zero-order chi connectivity index (χ0) is 28.3. The van der Waals surface area contributed by atoms with Crippen LogP contribution in [0.15, 0.2) is 49.1 Å². The SMILES string of the molecule is CCCCCCN1C(=O)C2C(C1=O)C2(C)c1cccnc1.CCCCCCN1CC2C(C1)C2(C)c1cccnc1. The lowest BCUT2D eigenvalue weighted by atomic mass is 9.93. The first-order chi connectivity index (χ1) is 19.4. The van der Waals surface area contributed by atoms with Gasteiger partial charge in [-0.2, -0.15) is 0 Å². The van der Waals surface area contributed by atoms with E-state index in [1.165, 1.54) is 55.8 Å². The lowest BCUT2D eigenvalue weighted by Gasteiger charge is -2.24. The van der Waals surface area contributed by atoms with Gasteiger partial charge in [-0.3, -0.25) is 24.5 Å². The number of piperidine rings is 2. The summed E-state index contributed by atoms with van der Waals surface area (Å²) < 4.78 is 0. The number of likely N-dealkylation sites (tertiary alicyclic amines) is 2. The molecule has 2 saturated carbocycles. The van der Waals surface area contributed by atoms with Crippen molar-refractivity contribution in [1.29, 1.82) is 0 Å². The lowest BCUT2D eigenvalue weighted by molar-refractivity contribution is -0.142. The van der Waals surface area contributed by atoms with Gasteiger partial charge in [0.05, 0.1) is 11.8 Å². The normalized spacial score (nSPS) is 31.9. The van der Waals surface area contributed by atoms with Gasteiger partial charge in [0.2, 0.25) is 11.8 Å². The molecule has 0 bridgehead atoms. The van der Waals surface area contributed by atoms with Crippen LogP contribution >= 0.6 is 0 Å². The Hall–Kier alpha value is -2.60. The van der Waals surface area contributed by atoms with Crippen molar-refractivity contribution in [2.45, 2.75) is 89.9 Å². The molecule has 6 nitrogen and oxygen atoms in total. The number of fused-ring (bicyclic) bond motifs is 2. The Kier molecular flexibility index (Phi) is 8.75. The second-order valence-electron chi connectivity index (χ2n) is 12.9. The van der Waals surface area contributed by atoms with Gasteiger partial charge in [-0.25, -0.2) is 0 Å². The smallest absolute Gasteiger partial charge is 0.234 e. The largest absolute Gasteiger partial charge is 0.303 e. The molecule has 0 N–H and O–H groups in total. The first kappa shape index (κ1) is 28.9. The molecule has 40 heavy (non-hydrogen) atoms. The number of hydrogen-bond acceptors (Lipinski definition) is 5. The highest BCUT2D eigenvalue weighted by atomic mass is 16.2. The van der Waals surface area contributed by atoms with Crippen LogP contribution in [0.5, 0.6) is 0 Å². The van der Waals surface area contributed by atoms with Gasteiger partial charge in [0, 0.05) is 55.3 Å². The van der Waals surface area contributed by atoms with Crippen LogP contribution < -0.4 is 0 Å². The van der Waals surface area contributed by atoms with E-state index in [0.717, 1.165) is 43.1 Å². The molecule has 0 radical (unpaired) electrons. The highest BCUT2D eigenvalue weighted by Crippen LogP contribution is 2.64. The number of nitrogens with zero attached hydrogens (tertiary/aromatic N) is 4. The van der Waals surface area contributed by atoms with Crippen molar-refractivity contribution in [3.8, 4) is 0 Å². The summed E-state index contributed by atoms with van der Waals surface area (Å²) in [5, 5.41) is 0. The summed E-state index contributed by atoms with van der Waals surface area (Å²) in [7, 11) is 0. The van der Waals surface area contributed by atoms with E-state index in [-0.39, 0.29) is 29.1 Å². The molecular formula is C34H48N4O2. The minimum atomic E-state index is -0.331. The Morgan fingerprint density at radius 2 is 1.23 bits per heavy atom. The van der Waals surface area contributed by atoms with Gasteiger partial charge >= 0.3 is 0 Å². The fourth-order valence-electron chi connectivity index (χ4n) is 7.73. The molecule has 4 fully saturated rings. The molecule has 4 aliphatic rings. The Labute approximate surface area is 241 Å². The molecular weight excluding hydrogens is 496 g/mol. The van der Waals surface area contributed by atoms with Crippen LogP contribution in [0.1, 0.15) is 90.2 Å². The summed E-state index contributed by atoms with van der Waals surface area (Å²) in [6.45, 7) is 13.4. The molecule has 2 aromatic heterocycles. The van der Waals surface area contributed by atoms with E-state index in [9.17, 15) is 9.59 Å². The van der Waals surface area contributed by atoms with Crippen LogP contribution in [0.4, 0.5) is 0 Å². The number of pyridine rings is 2. The summed E-state index contributed by atoms with van der Waals surface area (Å²) in [5.74, 6) is 1.47. The molecule has 2 amide bonds. The van der Waals surface area contributed by atoms with Gasteiger partial charge < -0.3 is 4.90 Å². The Balaban J connectivity index is 0.000000162. The summed E-state index contributed by atoms with van der Waals surface area (Å²) in [6, 6.07) is 8.18. The number of imide groups is 1. The van der Waals surface area contributed by atoms with E-state index in [2.05, 4.69) is 54.0 Å². The molecule has 2 saturated heterocycles. The number of unbranched alkanes of at least 4 members (excludes halogenated alkanes) is 6. The number of amides is 2. The first-order valence-electron chi connectivity index (χ1n) is 15.8. The minimum absolute atomic E-state index is 0.0212. The predicted octanol–water partition coefficient (Wildman–Crippen LogP) is 6.02. The van der Waals surface area contributed by atoms with Crippen LogP contribution in [-0.2, 0) is 20.4 Å². The van der Waals surface area contributed by atoms with Crippen molar-refractivity contribution in [1.82, 2.24) is 19.8 Å². The van der Waals surface area contributed by atoms with E-state index in [1.54, 1.807) is 12.4 Å². The van der Waals surface area contributed by atoms with E-state index in [0.29, 0.717) is 12.0 Å². The lowest BCUT2D eigenvalue weighted by Crippen LogP contribution is -2.38. The molecule has 6 heteroatoms. The number of hydrogen-bond donors (Lipinski definition) is 0.